The molecule has 0 unspecified atom stereocenters. The van der Waals surface area contributed by atoms with Crippen LogP contribution in [0.3, 0.4) is 0 Å². The number of anilines is 2. The molecular formula is C27H36N4O3. The predicted octanol–water partition coefficient (Wildman–Crippen LogP) is 5.24. The second-order valence-corrected chi connectivity index (χ2v) is 8.22. The van der Waals surface area contributed by atoms with E-state index in [1.54, 1.807) is 20.3 Å². The zero-order chi connectivity index (χ0) is 24.3. The van der Waals surface area contributed by atoms with Gasteiger partial charge in [-0.15, -0.1) is 0 Å². The second kappa shape index (κ2) is 12.8. The standard InChI is InChI=1S/C27H36N4O3/c1-5-15-31(16-6-2)17-9-14-28-27(32)22-19-26(30-23-11-8-7-10-21(22)23)29-20-12-13-24(33-3)25(18-20)34-4/h7-8,10-13,18-19H,5-6,9,14-17H2,1-4H3,(H,28,32)(H,29,30). The quantitative estimate of drug-likeness (QED) is 0.337. The molecule has 3 rings (SSSR count). The molecule has 0 saturated carbocycles. The summed E-state index contributed by atoms with van der Waals surface area (Å²) in [6.45, 7) is 8.23. The molecule has 7 nitrogen and oxygen atoms in total. The second-order valence-electron chi connectivity index (χ2n) is 8.22. The summed E-state index contributed by atoms with van der Waals surface area (Å²) in [6.07, 6.45) is 3.21. The van der Waals surface area contributed by atoms with Gasteiger partial charge in [0, 0.05) is 23.7 Å². The number of carbonyl (C=O) groups excluding carboxylic acids is 1. The van der Waals surface area contributed by atoms with Crippen LogP contribution in [0.2, 0.25) is 0 Å². The van der Waals surface area contributed by atoms with Crippen molar-refractivity contribution < 1.29 is 14.3 Å². The lowest BCUT2D eigenvalue weighted by atomic mass is 10.1. The van der Waals surface area contributed by atoms with Gasteiger partial charge in [0.1, 0.15) is 5.82 Å². The highest BCUT2D eigenvalue weighted by atomic mass is 16.5. The average Bonchev–Trinajstić information content (AvgIpc) is 2.86. The summed E-state index contributed by atoms with van der Waals surface area (Å²) in [4.78, 5) is 20.3. The van der Waals surface area contributed by atoms with Crippen LogP contribution in [0.4, 0.5) is 11.5 Å². The van der Waals surface area contributed by atoms with Crippen LogP contribution in [-0.4, -0.2) is 56.2 Å². The summed E-state index contributed by atoms with van der Waals surface area (Å²) < 4.78 is 10.7. The van der Waals surface area contributed by atoms with Crippen LogP contribution in [0.15, 0.2) is 48.5 Å². The normalized spacial score (nSPS) is 11.0. The van der Waals surface area contributed by atoms with E-state index >= 15 is 0 Å². The van der Waals surface area contributed by atoms with E-state index in [0.717, 1.165) is 55.5 Å². The number of benzene rings is 2. The number of hydrogen-bond donors (Lipinski definition) is 2. The molecule has 0 aliphatic rings. The minimum atomic E-state index is -0.0912. The van der Waals surface area contributed by atoms with Gasteiger partial charge in [0.05, 0.1) is 25.3 Å². The van der Waals surface area contributed by atoms with Gasteiger partial charge < -0.3 is 25.0 Å². The molecule has 0 saturated heterocycles. The number of nitrogens with one attached hydrogen (secondary N) is 2. The number of para-hydroxylation sites is 1. The van der Waals surface area contributed by atoms with Gasteiger partial charge in [0.15, 0.2) is 11.5 Å². The van der Waals surface area contributed by atoms with Gasteiger partial charge >= 0.3 is 0 Å². The number of carbonyl (C=O) groups is 1. The Morgan fingerprint density at radius 1 is 0.941 bits per heavy atom. The number of aromatic nitrogens is 1. The van der Waals surface area contributed by atoms with Crippen molar-refractivity contribution in [2.45, 2.75) is 33.1 Å². The van der Waals surface area contributed by atoms with Crippen molar-refractivity contribution in [1.29, 1.82) is 0 Å². The van der Waals surface area contributed by atoms with Gasteiger partial charge in [-0.05, 0) is 63.2 Å². The van der Waals surface area contributed by atoms with Crippen molar-refractivity contribution in [3.63, 3.8) is 0 Å². The summed E-state index contributed by atoms with van der Waals surface area (Å²) in [5.41, 5.74) is 2.15. The molecule has 2 aromatic carbocycles. The van der Waals surface area contributed by atoms with Gasteiger partial charge in [-0.3, -0.25) is 4.79 Å². The summed E-state index contributed by atoms with van der Waals surface area (Å²) in [6, 6.07) is 15.1. The Balaban J connectivity index is 1.75. The Labute approximate surface area is 202 Å². The number of ether oxygens (including phenoxy) is 2. The van der Waals surface area contributed by atoms with Crippen LogP contribution in [-0.2, 0) is 0 Å². The number of pyridine rings is 1. The summed E-state index contributed by atoms with van der Waals surface area (Å²) in [5.74, 6) is 1.77. The minimum absolute atomic E-state index is 0.0912. The van der Waals surface area contributed by atoms with Crippen LogP contribution >= 0.6 is 0 Å². The molecule has 0 fully saturated rings. The zero-order valence-corrected chi connectivity index (χ0v) is 20.7. The number of hydrogen-bond acceptors (Lipinski definition) is 6. The number of methoxy groups -OCH3 is 2. The van der Waals surface area contributed by atoms with Crippen LogP contribution in [0.5, 0.6) is 11.5 Å². The lowest BCUT2D eigenvalue weighted by Gasteiger charge is -2.20. The molecule has 1 heterocycles. The van der Waals surface area contributed by atoms with Crippen molar-refractivity contribution in [1.82, 2.24) is 15.2 Å². The van der Waals surface area contributed by atoms with E-state index in [4.69, 9.17) is 14.5 Å². The summed E-state index contributed by atoms with van der Waals surface area (Å²) >= 11 is 0. The average molecular weight is 465 g/mol. The zero-order valence-electron chi connectivity index (χ0n) is 20.7. The van der Waals surface area contributed by atoms with Gasteiger partial charge in [-0.2, -0.15) is 0 Å². The van der Waals surface area contributed by atoms with Gasteiger partial charge in [-0.25, -0.2) is 4.98 Å². The molecule has 182 valence electrons. The van der Waals surface area contributed by atoms with E-state index < -0.39 is 0 Å². The first-order valence-electron chi connectivity index (χ1n) is 12.0. The fraction of sp³-hybridized carbons (Fsp3) is 0.407. The van der Waals surface area contributed by atoms with Crippen LogP contribution in [0.25, 0.3) is 10.9 Å². The number of fused-ring (bicyclic) bond motifs is 1. The summed E-state index contributed by atoms with van der Waals surface area (Å²) in [7, 11) is 3.20. The first-order valence-corrected chi connectivity index (χ1v) is 12.0. The summed E-state index contributed by atoms with van der Waals surface area (Å²) in [5, 5.41) is 7.22. The monoisotopic (exact) mass is 464 g/mol. The van der Waals surface area contributed by atoms with E-state index in [9.17, 15) is 4.79 Å². The van der Waals surface area contributed by atoms with Crippen molar-refractivity contribution in [3.05, 3.63) is 54.1 Å². The third-order valence-electron chi connectivity index (χ3n) is 5.63. The minimum Gasteiger partial charge on any atom is -0.493 e. The molecule has 1 amide bonds. The van der Waals surface area contributed by atoms with E-state index in [2.05, 4.69) is 29.4 Å². The van der Waals surface area contributed by atoms with E-state index in [1.807, 2.05) is 42.5 Å². The Bertz CT molecular complexity index is 1080. The largest absolute Gasteiger partial charge is 0.493 e. The van der Waals surface area contributed by atoms with Gasteiger partial charge in [0.2, 0.25) is 0 Å². The van der Waals surface area contributed by atoms with Crippen molar-refractivity contribution in [3.8, 4) is 11.5 Å². The molecule has 0 spiro atoms. The molecule has 7 heteroatoms. The Morgan fingerprint density at radius 3 is 2.38 bits per heavy atom. The highest BCUT2D eigenvalue weighted by Crippen LogP contribution is 2.31. The molecule has 3 aromatic rings. The van der Waals surface area contributed by atoms with Crippen LogP contribution in [0.1, 0.15) is 43.5 Å². The third kappa shape index (κ3) is 6.60. The molecule has 0 atom stereocenters. The number of rotatable bonds is 13. The molecular weight excluding hydrogens is 428 g/mol. The molecule has 0 aliphatic carbocycles. The number of nitrogens with zero attached hydrogens (tertiary/aromatic N) is 2. The van der Waals surface area contributed by atoms with E-state index in [0.29, 0.717) is 29.4 Å². The SMILES string of the molecule is CCCN(CCC)CCCNC(=O)c1cc(Nc2ccc(OC)c(OC)c2)nc2ccccc12. The van der Waals surface area contributed by atoms with E-state index in [-0.39, 0.29) is 5.91 Å². The van der Waals surface area contributed by atoms with Gasteiger partial charge in [-0.1, -0.05) is 32.0 Å². The fourth-order valence-corrected chi connectivity index (χ4v) is 4.06. The van der Waals surface area contributed by atoms with Gasteiger partial charge in [0.25, 0.3) is 5.91 Å². The van der Waals surface area contributed by atoms with Crippen LogP contribution < -0.4 is 20.1 Å². The topological polar surface area (TPSA) is 75.7 Å². The third-order valence-corrected chi connectivity index (χ3v) is 5.63. The highest BCUT2D eigenvalue weighted by molar-refractivity contribution is 6.07. The molecule has 0 aliphatic heterocycles. The Hall–Kier alpha value is -3.32. The smallest absolute Gasteiger partial charge is 0.252 e. The maximum Gasteiger partial charge on any atom is 0.252 e. The van der Waals surface area contributed by atoms with E-state index in [1.165, 1.54) is 0 Å². The molecule has 0 radical (unpaired) electrons. The molecule has 0 bridgehead atoms. The number of amides is 1. The molecule has 34 heavy (non-hydrogen) atoms. The maximum absolute atomic E-state index is 13.1. The fourth-order valence-electron chi connectivity index (χ4n) is 4.06. The highest BCUT2D eigenvalue weighted by Gasteiger charge is 2.14. The lowest BCUT2D eigenvalue weighted by molar-refractivity contribution is 0.0953. The predicted molar refractivity (Wildman–Crippen MR) is 139 cm³/mol. The first kappa shape index (κ1) is 25.3. The van der Waals surface area contributed by atoms with Crippen LogP contribution in [0, 0.1) is 0 Å². The van der Waals surface area contributed by atoms with Crippen molar-refractivity contribution in [2.24, 2.45) is 0 Å². The molecule has 2 N–H and O–H groups in total. The molecule has 1 aromatic heterocycles. The maximum atomic E-state index is 13.1. The lowest BCUT2D eigenvalue weighted by Crippen LogP contribution is -2.31. The first-order chi connectivity index (χ1) is 16.6. The Morgan fingerprint density at radius 2 is 1.68 bits per heavy atom. The van der Waals surface area contributed by atoms with Crippen molar-refractivity contribution in [2.75, 3.05) is 45.7 Å². The Kier molecular flexibility index (Phi) is 9.52. The van der Waals surface area contributed by atoms with Crippen molar-refractivity contribution >= 4 is 28.3 Å².